The van der Waals surface area contributed by atoms with Crippen LogP contribution in [0.4, 0.5) is 0 Å². The SMILES string of the molecule is CC(C)CC(N)C(=O)NC(C)C(=O)NC(C)C(=O)NC(Cc1cnc[nH]1)C(=O)O. The minimum atomic E-state index is -1.22. The number of aromatic nitrogens is 2. The summed E-state index contributed by atoms with van der Waals surface area (Å²) >= 11 is 0. The van der Waals surface area contributed by atoms with E-state index in [4.69, 9.17) is 5.73 Å². The normalized spacial score (nSPS) is 15.1. The number of rotatable bonds is 11. The molecule has 0 bridgehead atoms. The van der Waals surface area contributed by atoms with Crippen LogP contribution in [0.5, 0.6) is 0 Å². The lowest BCUT2D eigenvalue weighted by molar-refractivity contribution is -0.142. The molecule has 0 aliphatic heterocycles. The van der Waals surface area contributed by atoms with Gasteiger partial charge in [0, 0.05) is 18.3 Å². The molecule has 7 N–H and O–H groups in total. The van der Waals surface area contributed by atoms with Gasteiger partial charge in [0.1, 0.15) is 18.1 Å². The van der Waals surface area contributed by atoms with Gasteiger partial charge < -0.3 is 31.8 Å². The van der Waals surface area contributed by atoms with Crippen LogP contribution in [-0.4, -0.2) is 62.9 Å². The first-order valence-corrected chi connectivity index (χ1v) is 9.38. The molecule has 1 heterocycles. The number of carbonyl (C=O) groups excluding carboxylic acids is 3. The number of nitrogens with two attached hydrogens (primary N) is 1. The van der Waals surface area contributed by atoms with Crippen molar-refractivity contribution in [2.24, 2.45) is 11.7 Å². The van der Waals surface area contributed by atoms with Crippen LogP contribution in [0.25, 0.3) is 0 Å². The molecule has 0 fully saturated rings. The van der Waals surface area contributed by atoms with Crippen molar-refractivity contribution in [1.29, 1.82) is 0 Å². The van der Waals surface area contributed by atoms with Crippen LogP contribution in [0.3, 0.4) is 0 Å². The van der Waals surface area contributed by atoms with Gasteiger partial charge in [-0.25, -0.2) is 9.78 Å². The molecular formula is C18H30N6O5. The number of imidazole rings is 1. The summed E-state index contributed by atoms with van der Waals surface area (Å²) in [6.07, 6.45) is 3.36. The van der Waals surface area contributed by atoms with Crippen LogP contribution in [0.1, 0.15) is 39.8 Å². The molecule has 3 amide bonds. The zero-order valence-corrected chi connectivity index (χ0v) is 17.1. The predicted molar refractivity (Wildman–Crippen MR) is 104 cm³/mol. The van der Waals surface area contributed by atoms with Crippen LogP contribution in [-0.2, 0) is 25.6 Å². The van der Waals surface area contributed by atoms with Gasteiger partial charge in [-0.2, -0.15) is 0 Å². The summed E-state index contributed by atoms with van der Waals surface area (Å²) in [7, 11) is 0. The monoisotopic (exact) mass is 410 g/mol. The van der Waals surface area contributed by atoms with Crippen LogP contribution in [0, 0.1) is 5.92 Å². The zero-order chi connectivity index (χ0) is 22.1. The van der Waals surface area contributed by atoms with Crippen LogP contribution in [0.2, 0.25) is 0 Å². The van der Waals surface area contributed by atoms with Gasteiger partial charge >= 0.3 is 5.97 Å². The van der Waals surface area contributed by atoms with Gasteiger partial charge in [-0.05, 0) is 26.2 Å². The molecule has 29 heavy (non-hydrogen) atoms. The van der Waals surface area contributed by atoms with Crippen molar-refractivity contribution in [3.63, 3.8) is 0 Å². The molecule has 0 spiro atoms. The second kappa shape index (κ2) is 11.1. The first-order chi connectivity index (χ1) is 13.5. The topological polar surface area (TPSA) is 179 Å². The molecule has 1 rings (SSSR count). The molecule has 0 aromatic carbocycles. The van der Waals surface area contributed by atoms with Crippen molar-refractivity contribution in [1.82, 2.24) is 25.9 Å². The Morgan fingerprint density at radius 3 is 2.07 bits per heavy atom. The van der Waals surface area contributed by atoms with E-state index in [1.807, 2.05) is 13.8 Å². The highest BCUT2D eigenvalue weighted by molar-refractivity contribution is 5.93. The molecule has 0 saturated carbocycles. The number of aromatic amines is 1. The van der Waals surface area contributed by atoms with Crippen LogP contribution < -0.4 is 21.7 Å². The molecule has 0 saturated heterocycles. The van der Waals surface area contributed by atoms with Crippen molar-refractivity contribution in [2.45, 2.75) is 64.7 Å². The van der Waals surface area contributed by atoms with Gasteiger partial charge in [-0.1, -0.05) is 13.8 Å². The molecule has 4 unspecified atom stereocenters. The quantitative estimate of drug-likeness (QED) is 0.268. The molecule has 11 heteroatoms. The third-order valence-corrected chi connectivity index (χ3v) is 4.16. The fourth-order valence-electron chi connectivity index (χ4n) is 2.52. The molecular weight excluding hydrogens is 380 g/mol. The molecule has 1 aromatic heterocycles. The summed E-state index contributed by atoms with van der Waals surface area (Å²) in [5.74, 6) is -2.69. The maximum atomic E-state index is 12.3. The average molecular weight is 410 g/mol. The van der Waals surface area contributed by atoms with E-state index in [2.05, 4.69) is 25.9 Å². The molecule has 4 atom stereocenters. The van der Waals surface area contributed by atoms with Crippen molar-refractivity contribution < 1.29 is 24.3 Å². The minimum Gasteiger partial charge on any atom is -0.480 e. The van der Waals surface area contributed by atoms with E-state index in [0.717, 1.165) is 0 Å². The minimum absolute atomic E-state index is 0.0158. The molecule has 11 nitrogen and oxygen atoms in total. The summed E-state index contributed by atoms with van der Waals surface area (Å²) in [5.41, 5.74) is 6.33. The van der Waals surface area contributed by atoms with E-state index in [-0.39, 0.29) is 12.3 Å². The maximum Gasteiger partial charge on any atom is 0.326 e. The fraction of sp³-hybridized carbons (Fsp3) is 0.611. The van der Waals surface area contributed by atoms with Gasteiger partial charge in [-0.3, -0.25) is 14.4 Å². The first-order valence-electron chi connectivity index (χ1n) is 9.38. The number of carboxylic acid groups (broad SMARTS) is 1. The van der Waals surface area contributed by atoms with Gasteiger partial charge in [0.25, 0.3) is 0 Å². The van der Waals surface area contributed by atoms with E-state index in [9.17, 15) is 24.3 Å². The summed E-state index contributed by atoms with van der Waals surface area (Å²) in [4.78, 5) is 54.5. The number of H-pyrrole nitrogens is 1. The van der Waals surface area contributed by atoms with E-state index in [0.29, 0.717) is 12.1 Å². The lowest BCUT2D eigenvalue weighted by Gasteiger charge is -2.21. The second-order valence-electron chi connectivity index (χ2n) is 7.38. The van der Waals surface area contributed by atoms with E-state index in [1.165, 1.54) is 26.4 Å². The van der Waals surface area contributed by atoms with Crippen molar-refractivity contribution in [2.75, 3.05) is 0 Å². The van der Waals surface area contributed by atoms with Crippen molar-refractivity contribution in [3.05, 3.63) is 18.2 Å². The second-order valence-corrected chi connectivity index (χ2v) is 7.38. The highest BCUT2D eigenvalue weighted by atomic mass is 16.4. The van der Waals surface area contributed by atoms with Gasteiger partial charge in [0.15, 0.2) is 0 Å². The number of nitrogens with zero attached hydrogens (tertiary/aromatic N) is 1. The van der Waals surface area contributed by atoms with Crippen molar-refractivity contribution >= 4 is 23.7 Å². The smallest absolute Gasteiger partial charge is 0.326 e. The Balaban J connectivity index is 2.56. The van der Waals surface area contributed by atoms with Gasteiger partial charge in [-0.15, -0.1) is 0 Å². The van der Waals surface area contributed by atoms with Gasteiger partial charge in [0.05, 0.1) is 12.4 Å². The van der Waals surface area contributed by atoms with E-state index < -0.39 is 47.9 Å². The van der Waals surface area contributed by atoms with E-state index >= 15 is 0 Å². The Bertz CT molecular complexity index is 706. The Morgan fingerprint density at radius 2 is 1.59 bits per heavy atom. The van der Waals surface area contributed by atoms with E-state index in [1.54, 1.807) is 0 Å². The fourth-order valence-corrected chi connectivity index (χ4v) is 2.52. The van der Waals surface area contributed by atoms with Crippen molar-refractivity contribution in [3.8, 4) is 0 Å². The third kappa shape index (κ3) is 8.30. The molecule has 1 aromatic rings. The van der Waals surface area contributed by atoms with Crippen LogP contribution >= 0.6 is 0 Å². The number of nitrogens with one attached hydrogen (secondary N) is 4. The largest absolute Gasteiger partial charge is 0.480 e. The summed E-state index contributed by atoms with van der Waals surface area (Å²) in [6.45, 7) is 6.75. The summed E-state index contributed by atoms with van der Waals surface area (Å²) in [6, 6.07) is -3.83. The maximum absolute atomic E-state index is 12.3. The molecule has 0 aliphatic rings. The Morgan fingerprint density at radius 1 is 1.03 bits per heavy atom. The highest BCUT2D eigenvalue weighted by Gasteiger charge is 2.27. The molecule has 162 valence electrons. The third-order valence-electron chi connectivity index (χ3n) is 4.16. The number of hydrogen-bond donors (Lipinski definition) is 6. The first kappa shape index (κ1) is 24.1. The van der Waals surface area contributed by atoms with Crippen LogP contribution in [0.15, 0.2) is 12.5 Å². The lowest BCUT2D eigenvalue weighted by atomic mass is 10.0. The molecule has 0 radical (unpaired) electrons. The summed E-state index contributed by atoms with van der Waals surface area (Å²) in [5, 5.41) is 16.6. The Hall–Kier alpha value is -2.95. The molecule has 0 aliphatic carbocycles. The average Bonchev–Trinajstić information content (AvgIpc) is 3.13. The number of aliphatic carboxylic acids is 1. The standard InChI is InChI=1S/C18H30N6O5/c1-9(2)5-13(19)17(27)23-10(3)15(25)22-11(4)16(26)24-14(18(28)29)6-12-7-20-8-21-12/h7-11,13-14H,5-6,19H2,1-4H3,(H,20,21)(H,22,25)(H,23,27)(H,24,26)(H,28,29). The number of carboxylic acids is 1. The Labute approximate surface area is 169 Å². The number of hydrogen-bond acceptors (Lipinski definition) is 6. The van der Waals surface area contributed by atoms with Gasteiger partial charge in [0.2, 0.25) is 17.7 Å². The highest BCUT2D eigenvalue weighted by Crippen LogP contribution is 2.03. The number of carbonyl (C=O) groups is 4. The summed E-state index contributed by atoms with van der Waals surface area (Å²) < 4.78 is 0. The number of amides is 3. The Kier molecular flexibility index (Phi) is 9.26. The lowest BCUT2D eigenvalue weighted by Crippen LogP contribution is -2.55. The zero-order valence-electron chi connectivity index (χ0n) is 17.1. The predicted octanol–water partition coefficient (Wildman–Crippen LogP) is -1.10.